The van der Waals surface area contributed by atoms with Gasteiger partial charge in [-0.1, -0.05) is 6.92 Å². The molecule has 2 aliphatic heterocycles. The van der Waals surface area contributed by atoms with E-state index in [0.717, 1.165) is 0 Å². The number of hydrogen-bond donors (Lipinski definition) is 10. The number of nitrogens with one attached hydrogen (secondary N) is 4. The molecule has 0 aromatic carbocycles. The highest BCUT2D eigenvalue weighted by molar-refractivity contribution is 5.76. The van der Waals surface area contributed by atoms with E-state index < -0.39 is 86.3 Å². The Morgan fingerprint density at radius 3 is 1.35 bits per heavy atom. The van der Waals surface area contributed by atoms with Crippen LogP contribution in [0.2, 0.25) is 0 Å². The lowest BCUT2D eigenvalue weighted by molar-refractivity contribution is -0.270. The smallest absolute Gasteiger partial charge is 0.220 e. The Hall–Kier alpha value is -2.52. The quantitative estimate of drug-likeness (QED) is 0.0546. The van der Waals surface area contributed by atoms with Crippen molar-refractivity contribution < 1.29 is 68.8 Å². The second kappa shape index (κ2) is 21.5. The van der Waals surface area contributed by atoms with Gasteiger partial charge in [-0.2, -0.15) is 0 Å². The summed E-state index contributed by atoms with van der Waals surface area (Å²) in [5.74, 6) is -1.28. The maximum atomic E-state index is 12.3. The van der Waals surface area contributed by atoms with Crippen molar-refractivity contribution in [2.24, 2.45) is 5.92 Å². The van der Waals surface area contributed by atoms with E-state index in [4.69, 9.17) is 18.9 Å². The van der Waals surface area contributed by atoms with Crippen LogP contribution in [-0.4, -0.2) is 155 Å². The molecule has 0 aliphatic carbocycles. The fourth-order valence-corrected chi connectivity index (χ4v) is 5.23. The van der Waals surface area contributed by atoms with E-state index in [9.17, 15) is 49.8 Å². The van der Waals surface area contributed by atoms with Gasteiger partial charge < -0.3 is 70.9 Å². The Morgan fingerprint density at radius 1 is 0.646 bits per heavy atom. The zero-order valence-corrected chi connectivity index (χ0v) is 27.8. The number of carbonyl (C=O) groups is 4. The second-order valence-corrected chi connectivity index (χ2v) is 12.2. The molecule has 2 fully saturated rings. The van der Waals surface area contributed by atoms with Gasteiger partial charge in [-0.15, -0.1) is 0 Å². The standard InChI is InChI=1S/C30H54N4O14/c1-16(12-31-21(39)8-4-6-10-45-29-23(33-17(2)37)27(43)25(41)19(14-35)47-29)13-32-22(40)9-5-7-11-46-30-24(34-18(3)38)28(44)26(42)20(15-36)48-30/h16,19-20,23-30,35-36,41-44H,4-15H2,1-3H3,(H,31,39)(H,32,40)(H,33,37)(H,34,38)/t16?,19?,20?,23?,24?,25-,26-,27?,28?,29+,30+/m0/s1. The summed E-state index contributed by atoms with van der Waals surface area (Å²) < 4.78 is 22.3. The molecule has 2 saturated heterocycles. The molecule has 4 amide bonds. The third-order valence-electron chi connectivity index (χ3n) is 7.96. The molecule has 10 N–H and O–H groups in total. The summed E-state index contributed by atoms with van der Waals surface area (Å²) in [5.41, 5.74) is 0. The number of ether oxygens (including phenoxy) is 4. The van der Waals surface area contributed by atoms with Gasteiger partial charge in [-0.3, -0.25) is 19.2 Å². The zero-order chi connectivity index (χ0) is 35.8. The van der Waals surface area contributed by atoms with Crippen LogP contribution in [0.3, 0.4) is 0 Å². The minimum absolute atomic E-state index is 0.0321. The Morgan fingerprint density at radius 2 is 1.02 bits per heavy atom. The van der Waals surface area contributed by atoms with Crippen LogP contribution in [0.4, 0.5) is 0 Å². The van der Waals surface area contributed by atoms with Crippen molar-refractivity contribution in [2.75, 3.05) is 39.5 Å². The average molecular weight is 695 g/mol. The molecule has 18 heteroatoms. The van der Waals surface area contributed by atoms with Crippen LogP contribution < -0.4 is 21.3 Å². The molecule has 6 unspecified atom stereocenters. The Bertz CT molecular complexity index is 933. The summed E-state index contributed by atoms with van der Waals surface area (Å²) in [5, 5.41) is 70.1. The Balaban J connectivity index is 1.57. The monoisotopic (exact) mass is 694 g/mol. The van der Waals surface area contributed by atoms with Crippen LogP contribution in [-0.2, 0) is 38.1 Å². The molecule has 0 aromatic heterocycles. The molecular weight excluding hydrogens is 640 g/mol. The highest BCUT2D eigenvalue weighted by atomic mass is 16.7. The molecule has 10 atom stereocenters. The number of aliphatic hydroxyl groups is 6. The van der Waals surface area contributed by atoms with E-state index in [1.165, 1.54) is 13.8 Å². The normalized spacial score (nSPS) is 31.0. The average Bonchev–Trinajstić information content (AvgIpc) is 3.04. The van der Waals surface area contributed by atoms with E-state index >= 15 is 0 Å². The SMILES string of the molecule is CC(=O)NC1C(O)[C@@H](O)C(CO)O[C@H]1OCCCCC(=O)NCC(C)CNC(=O)CCCCO[C@@H]1OC(CO)[C@H](O)C(O)C1NC(C)=O. The van der Waals surface area contributed by atoms with Crippen LogP contribution in [0.15, 0.2) is 0 Å². The fraction of sp³-hybridized carbons (Fsp3) is 0.867. The highest BCUT2D eigenvalue weighted by Gasteiger charge is 2.46. The molecule has 2 aliphatic rings. The molecule has 2 heterocycles. The van der Waals surface area contributed by atoms with Gasteiger partial charge in [0.2, 0.25) is 23.6 Å². The predicted octanol–water partition coefficient (Wildman–Crippen LogP) is -3.88. The number of amides is 4. The van der Waals surface area contributed by atoms with Crippen molar-refractivity contribution >= 4 is 23.6 Å². The van der Waals surface area contributed by atoms with Gasteiger partial charge in [0.25, 0.3) is 0 Å². The summed E-state index contributed by atoms with van der Waals surface area (Å²) >= 11 is 0. The van der Waals surface area contributed by atoms with Crippen molar-refractivity contribution in [3.63, 3.8) is 0 Å². The van der Waals surface area contributed by atoms with E-state index in [1.54, 1.807) is 0 Å². The van der Waals surface area contributed by atoms with Gasteiger partial charge in [-0.25, -0.2) is 0 Å². The van der Waals surface area contributed by atoms with Crippen LogP contribution in [0.1, 0.15) is 59.3 Å². The number of carbonyl (C=O) groups excluding carboxylic acids is 4. The number of hydrogen-bond acceptors (Lipinski definition) is 14. The number of rotatable bonds is 20. The lowest BCUT2D eigenvalue weighted by atomic mass is 9.97. The lowest BCUT2D eigenvalue weighted by Crippen LogP contribution is -2.64. The van der Waals surface area contributed by atoms with Crippen LogP contribution in [0, 0.1) is 5.92 Å². The third-order valence-corrected chi connectivity index (χ3v) is 7.96. The van der Waals surface area contributed by atoms with Gasteiger partial charge >= 0.3 is 0 Å². The third kappa shape index (κ3) is 13.8. The molecule has 0 aromatic rings. The molecule has 0 bridgehead atoms. The first-order chi connectivity index (χ1) is 22.8. The summed E-state index contributed by atoms with van der Waals surface area (Å²) in [4.78, 5) is 47.5. The fourth-order valence-electron chi connectivity index (χ4n) is 5.23. The summed E-state index contributed by atoms with van der Waals surface area (Å²) in [6.45, 7) is 4.29. The molecule has 48 heavy (non-hydrogen) atoms. The van der Waals surface area contributed by atoms with Gasteiger partial charge in [-0.05, 0) is 31.6 Å². The van der Waals surface area contributed by atoms with E-state index in [0.29, 0.717) is 38.8 Å². The van der Waals surface area contributed by atoms with Gasteiger partial charge in [0.15, 0.2) is 12.6 Å². The minimum Gasteiger partial charge on any atom is -0.394 e. The second-order valence-electron chi connectivity index (χ2n) is 12.2. The number of unbranched alkanes of at least 4 members (excludes halogenated alkanes) is 2. The first kappa shape index (κ1) is 41.7. The molecule has 0 saturated carbocycles. The zero-order valence-electron chi connectivity index (χ0n) is 27.8. The van der Waals surface area contributed by atoms with Crippen LogP contribution in [0.25, 0.3) is 0 Å². The molecule has 278 valence electrons. The molecule has 2 rings (SSSR count). The van der Waals surface area contributed by atoms with Gasteiger partial charge in [0.05, 0.1) is 13.2 Å². The molecule has 0 radical (unpaired) electrons. The van der Waals surface area contributed by atoms with Gasteiger partial charge in [0, 0.05) is 53.0 Å². The Kier molecular flexibility index (Phi) is 18.7. The van der Waals surface area contributed by atoms with Crippen molar-refractivity contribution in [1.82, 2.24) is 21.3 Å². The van der Waals surface area contributed by atoms with Gasteiger partial charge in [0.1, 0.15) is 48.7 Å². The van der Waals surface area contributed by atoms with Crippen LogP contribution in [0.5, 0.6) is 0 Å². The van der Waals surface area contributed by atoms with Crippen molar-refractivity contribution in [1.29, 1.82) is 0 Å². The first-order valence-corrected chi connectivity index (χ1v) is 16.3. The summed E-state index contributed by atoms with van der Waals surface area (Å²) in [6.07, 6.45) is -7.56. The molecule has 0 spiro atoms. The maximum absolute atomic E-state index is 12.3. The van der Waals surface area contributed by atoms with E-state index in [-0.39, 0.29) is 43.8 Å². The number of aliphatic hydroxyl groups excluding tert-OH is 6. The van der Waals surface area contributed by atoms with E-state index in [1.807, 2.05) is 6.92 Å². The predicted molar refractivity (Wildman–Crippen MR) is 166 cm³/mol. The maximum Gasteiger partial charge on any atom is 0.220 e. The van der Waals surface area contributed by atoms with Crippen LogP contribution >= 0.6 is 0 Å². The lowest BCUT2D eigenvalue weighted by Gasteiger charge is -2.42. The minimum atomic E-state index is -1.40. The summed E-state index contributed by atoms with van der Waals surface area (Å²) in [6, 6.07) is -2.06. The molecule has 18 nitrogen and oxygen atoms in total. The topological polar surface area (TPSA) is 275 Å². The van der Waals surface area contributed by atoms with Crippen molar-refractivity contribution in [3.05, 3.63) is 0 Å². The highest BCUT2D eigenvalue weighted by Crippen LogP contribution is 2.24. The largest absolute Gasteiger partial charge is 0.394 e. The van der Waals surface area contributed by atoms with E-state index in [2.05, 4.69) is 21.3 Å². The Labute approximate surface area is 279 Å². The van der Waals surface area contributed by atoms with Crippen molar-refractivity contribution in [2.45, 2.75) is 121 Å². The summed E-state index contributed by atoms with van der Waals surface area (Å²) in [7, 11) is 0. The first-order valence-electron chi connectivity index (χ1n) is 16.3. The molecular formula is C30H54N4O14. The van der Waals surface area contributed by atoms with Crippen molar-refractivity contribution in [3.8, 4) is 0 Å².